The van der Waals surface area contributed by atoms with Gasteiger partial charge < -0.3 is 18.9 Å². The van der Waals surface area contributed by atoms with Gasteiger partial charge in [-0.15, -0.1) is 0 Å². The van der Waals surface area contributed by atoms with Crippen LogP contribution in [0.15, 0.2) is 53.6 Å². The fraction of sp³-hybridized carbons (Fsp3) is 0.360. The highest BCUT2D eigenvalue weighted by Crippen LogP contribution is 2.36. The van der Waals surface area contributed by atoms with Crippen LogP contribution in [0.25, 0.3) is 0 Å². The first-order chi connectivity index (χ1) is 15.6. The number of thioether (sulfide) groups is 1. The Labute approximate surface area is 199 Å². The van der Waals surface area contributed by atoms with Crippen molar-refractivity contribution in [3.63, 3.8) is 0 Å². The average Bonchev–Trinajstić information content (AvgIpc) is 2.79. The van der Waals surface area contributed by atoms with E-state index >= 15 is 0 Å². The molecule has 7 nitrogen and oxygen atoms in total. The predicted octanol–water partition coefficient (Wildman–Crippen LogP) is 5.68. The summed E-state index contributed by atoms with van der Waals surface area (Å²) in [6.07, 6.45) is 2.65. The molecule has 0 saturated carbocycles. The number of ketones is 1. The zero-order chi connectivity index (χ0) is 24.6. The summed E-state index contributed by atoms with van der Waals surface area (Å²) in [5.41, 5.74) is 0.930. The van der Waals surface area contributed by atoms with Gasteiger partial charge in [0.05, 0.1) is 33.6 Å². The monoisotopic (exact) mass is 473 g/mol. The molecule has 8 heteroatoms. The van der Waals surface area contributed by atoms with E-state index in [0.717, 1.165) is 5.56 Å². The lowest BCUT2D eigenvalue weighted by Gasteiger charge is -2.28. The maximum Gasteiger partial charge on any atom is 0.415 e. The summed E-state index contributed by atoms with van der Waals surface area (Å²) in [6, 6.07) is 12.8. The summed E-state index contributed by atoms with van der Waals surface area (Å²) in [6.45, 7) is 5.68. The minimum Gasteiger partial charge on any atom is -0.496 e. The molecule has 2 aromatic rings. The minimum absolute atomic E-state index is 0.233. The van der Waals surface area contributed by atoms with Crippen LogP contribution in [-0.4, -0.2) is 45.1 Å². The van der Waals surface area contributed by atoms with Gasteiger partial charge in [-0.25, -0.2) is 4.79 Å². The highest BCUT2D eigenvalue weighted by atomic mass is 32.2. The van der Waals surface area contributed by atoms with Gasteiger partial charge in [0, 0.05) is 18.2 Å². The first-order valence-electron chi connectivity index (χ1n) is 10.3. The zero-order valence-corrected chi connectivity index (χ0v) is 20.9. The highest BCUT2D eigenvalue weighted by molar-refractivity contribution is 8.02. The largest absolute Gasteiger partial charge is 0.496 e. The van der Waals surface area contributed by atoms with Gasteiger partial charge in [0.1, 0.15) is 22.7 Å². The summed E-state index contributed by atoms with van der Waals surface area (Å²) in [5.74, 6) is 0.195. The van der Waals surface area contributed by atoms with E-state index in [1.807, 2.05) is 36.6 Å². The Morgan fingerprint density at radius 2 is 1.58 bits per heavy atom. The van der Waals surface area contributed by atoms with Gasteiger partial charge in [0.2, 0.25) is 0 Å². The molecule has 0 bridgehead atoms. The number of benzene rings is 2. The lowest BCUT2D eigenvalue weighted by molar-refractivity contribution is 0.0577. The first-order valence-corrected chi connectivity index (χ1v) is 11.5. The molecule has 1 amide bonds. The molecular weight excluding hydrogens is 442 g/mol. The van der Waals surface area contributed by atoms with Gasteiger partial charge in [-0.1, -0.05) is 42.1 Å². The SMILES string of the molecule is CO/C(=C\C(=O)c1c(OC)cc(N(Cc2ccccc2)C(=O)OC(C)(C)C)cc1OC)SC. The molecule has 0 aromatic heterocycles. The smallest absolute Gasteiger partial charge is 0.415 e. The van der Waals surface area contributed by atoms with E-state index in [1.54, 1.807) is 32.9 Å². The van der Waals surface area contributed by atoms with Gasteiger partial charge >= 0.3 is 6.09 Å². The number of anilines is 1. The molecule has 33 heavy (non-hydrogen) atoms. The summed E-state index contributed by atoms with van der Waals surface area (Å²) >= 11 is 1.31. The Morgan fingerprint density at radius 1 is 1.00 bits per heavy atom. The maximum absolute atomic E-state index is 13.1. The molecule has 0 radical (unpaired) electrons. The van der Waals surface area contributed by atoms with Crippen molar-refractivity contribution in [1.29, 1.82) is 0 Å². The number of nitrogens with zero attached hydrogens (tertiary/aromatic N) is 1. The van der Waals surface area contributed by atoms with E-state index in [2.05, 4.69) is 0 Å². The Kier molecular flexibility index (Phi) is 9.22. The van der Waals surface area contributed by atoms with Gasteiger partial charge in [-0.3, -0.25) is 9.69 Å². The van der Waals surface area contributed by atoms with Crippen molar-refractivity contribution in [2.24, 2.45) is 0 Å². The highest BCUT2D eigenvalue weighted by Gasteiger charge is 2.27. The van der Waals surface area contributed by atoms with Crippen molar-refractivity contribution in [2.45, 2.75) is 32.9 Å². The number of allylic oxidation sites excluding steroid dienone is 1. The van der Waals surface area contributed by atoms with Gasteiger partial charge in [0.25, 0.3) is 0 Å². The van der Waals surface area contributed by atoms with Gasteiger partial charge in [-0.05, 0) is 32.6 Å². The van der Waals surface area contributed by atoms with Gasteiger partial charge in [0.15, 0.2) is 10.9 Å². The van der Waals surface area contributed by atoms with E-state index in [1.165, 1.54) is 44.1 Å². The van der Waals surface area contributed by atoms with Crippen molar-refractivity contribution in [2.75, 3.05) is 32.5 Å². The summed E-state index contributed by atoms with van der Waals surface area (Å²) in [5, 5.41) is 0.452. The standard InChI is InChI=1S/C25H31NO6S/c1-25(2,3)32-24(28)26(16-17-11-9-8-10-12-17)18-13-20(29-4)23(21(14-18)30-5)19(27)15-22(31-6)33-7/h8-15H,16H2,1-7H3/b22-15+. The predicted molar refractivity (Wildman–Crippen MR) is 131 cm³/mol. The van der Waals surface area contributed by atoms with Crippen LogP contribution in [-0.2, 0) is 16.0 Å². The number of hydrogen-bond donors (Lipinski definition) is 0. The second-order valence-electron chi connectivity index (χ2n) is 8.01. The third kappa shape index (κ3) is 7.18. The second kappa shape index (κ2) is 11.7. The van der Waals surface area contributed by atoms with Crippen LogP contribution >= 0.6 is 11.8 Å². The molecule has 0 fully saturated rings. The number of ether oxygens (including phenoxy) is 4. The fourth-order valence-corrected chi connectivity index (χ4v) is 3.41. The molecule has 2 rings (SSSR count). The number of methoxy groups -OCH3 is 3. The van der Waals surface area contributed by atoms with Crippen molar-refractivity contribution in [1.82, 2.24) is 0 Å². The molecular formula is C25H31NO6S. The molecule has 2 aromatic carbocycles. The van der Waals surface area contributed by atoms with Crippen molar-refractivity contribution >= 4 is 29.3 Å². The van der Waals surface area contributed by atoms with E-state index in [4.69, 9.17) is 18.9 Å². The zero-order valence-electron chi connectivity index (χ0n) is 20.1. The normalized spacial score (nSPS) is 11.5. The lowest BCUT2D eigenvalue weighted by atomic mass is 10.1. The van der Waals surface area contributed by atoms with E-state index < -0.39 is 11.7 Å². The van der Waals surface area contributed by atoms with Gasteiger partial charge in [-0.2, -0.15) is 0 Å². The quantitative estimate of drug-likeness (QED) is 0.263. The average molecular weight is 474 g/mol. The van der Waals surface area contributed by atoms with Crippen molar-refractivity contribution in [3.05, 3.63) is 64.8 Å². The van der Waals surface area contributed by atoms with Crippen LogP contribution in [0.1, 0.15) is 36.7 Å². The van der Waals surface area contributed by atoms with Crippen LogP contribution in [0.4, 0.5) is 10.5 Å². The van der Waals surface area contributed by atoms with Crippen LogP contribution in [0.5, 0.6) is 11.5 Å². The molecule has 0 spiro atoms. The number of rotatable bonds is 9. The van der Waals surface area contributed by atoms with Crippen LogP contribution in [0, 0.1) is 0 Å². The number of amides is 1. The van der Waals surface area contributed by atoms with Crippen molar-refractivity contribution in [3.8, 4) is 11.5 Å². The topological polar surface area (TPSA) is 74.3 Å². The maximum atomic E-state index is 13.1. The number of hydrogen-bond acceptors (Lipinski definition) is 7. The van der Waals surface area contributed by atoms with E-state index in [9.17, 15) is 9.59 Å². The van der Waals surface area contributed by atoms with E-state index in [-0.39, 0.29) is 29.4 Å². The fourth-order valence-electron chi connectivity index (χ4n) is 3.02. The molecule has 0 N–H and O–H groups in total. The first kappa shape index (κ1) is 26.1. The Balaban J connectivity index is 2.60. The second-order valence-corrected chi connectivity index (χ2v) is 8.82. The number of carbonyl (C=O) groups is 2. The van der Waals surface area contributed by atoms with Crippen LogP contribution in [0.3, 0.4) is 0 Å². The third-order valence-corrected chi connectivity index (χ3v) is 5.18. The number of carbonyl (C=O) groups excluding carboxylic acids is 2. The Morgan fingerprint density at radius 3 is 2.03 bits per heavy atom. The molecule has 0 aliphatic heterocycles. The van der Waals surface area contributed by atoms with Crippen LogP contribution < -0.4 is 14.4 Å². The van der Waals surface area contributed by atoms with Crippen molar-refractivity contribution < 1.29 is 28.5 Å². The summed E-state index contributed by atoms with van der Waals surface area (Å²) in [7, 11) is 4.41. The van der Waals surface area contributed by atoms with E-state index in [0.29, 0.717) is 10.8 Å². The Hall–Kier alpha value is -3.13. The Bertz CT molecular complexity index is 967. The molecule has 0 unspecified atom stereocenters. The molecule has 0 heterocycles. The minimum atomic E-state index is -0.685. The molecule has 0 aliphatic carbocycles. The molecule has 0 saturated heterocycles. The third-order valence-electron chi connectivity index (χ3n) is 4.50. The molecule has 178 valence electrons. The summed E-state index contributed by atoms with van der Waals surface area (Å²) in [4.78, 5) is 27.6. The molecule has 0 aliphatic rings. The molecule has 0 atom stereocenters. The lowest BCUT2D eigenvalue weighted by Crippen LogP contribution is -2.36. The van der Waals surface area contributed by atoms with Crippen LogP contribution in [0.2, 0.25) is 0 Å². The summed E-state index contributed by atoms with van der Waals surface area (Å²) < 4.78 is 21.9.